The van der Waals surface area contributed by atoms with Crippen molar-refractivity contribution in [2.75, 3.05) is 13.1 Å². The van der Waals surface area contributed by atoms with Gasteiger partial charge in [-0.25, -0.2) is 0 Å². The number of carbonyl (C=O) groups excluding carboxylic acids is 1. The molecule has 0 amide bonds. The highest BCUT2D eigenvalue weighted by atomic mass is 16.1. The van der Waals surface area contributed by atoms with E-state index in [2.05, 4.69) is 12.2 Å². The second-order valence-corrected chi connectivity index (χ2v) is 3.98. The maximum Gasteiger partial charge on any atom is 0.136 e. The molecule has 1 aliphatic heterocycles. The number of hydrogen-bond acceptors (Lipinski definition) is 2. The number of Topliss-reactive ketones (excluding diaryl/α,β-unsaturated/α-hetero) is 1. The lowest BCUT2D eigenvalue weighted by Crippen LogP contribution is -2.52. The summed E-state index contributed by atoms with van der Waals surface area (Å²) in [6.45, 7) is 4.31. The number of piperidine rings is 1. The van der Waals surface area contributed by atoms with Crippen LogP contribution in [0.5, 0.6) is 0 Å². The van der Waals surface area contributed by atoms with E-state index in [0.29, 0.717) is 17.1 Å². The summed E-state index contributed by atoms with van der Waals surface area (Å²) in [7, 11) is 0. The molecule has 2 heteroatoms. The fourth-order valence-electron chi connectivity index (χ4n) is 2.40. The summed E-state index contributed by atoms with van der Waals surface area (Å²) in [5.74, 6) is 0.830. The van der Waals surface area contributed by atoms with Crippen molar-refractivity contribution in [2.24, 2.45) is 11.3 Å². The SMILES string of the molecule is CC1C(=O)CC12CCNCC2. The van der Waals surface area contributed by atoms with Crippen LogP contribution < -0.4 is 5.32 Å². The van der Waals surface area contributed by atoms with E-state index in [9.17, 15) is 4.79 Å². The summed E-state index contributed by atoms with van der Waals surface area (Å²) < 4.78 is 0. The molecule has 1 unspecified atom stereocenters. The Balaban J connectivity index is 2.05. The average molecular weight is 153 g/mol. The van der Waals surface area contributed by atoms with Crippen molar-refractivity contribution in [1.82, 2.24) is 5.32 Å². The summed E-state index contributed by atoms with van der Waals surface area (Å²) in [6.07, 6.45) is 3.27. The fourth-order valence-corrected chi connectivity index (χ4v) is 2.40. The van der Waals surface area contributed by atoms with E-state index < -0.39 is 0 Å². The molecule has 11 heavy (non-hydrogen) atoms. The predicted molar refractivity (Wildman–Crippen MR) is 43.3 cm³/mol. The molecule has 1 atom stereocenters. The van der Waals surface area contributed by atoms with Gasteiger partial charge in [0.2, 0.25) is 0 Å². The topological polar surface area (TPSA) is 29.1 Å². The minimum atomic E-state index is 0.351. The molecule has 62 valence electrons. The maximum atomic E-state index is 11.1. The number of rotatable bonds is 0. The predicted octanol–water partition coefficient (Wildman–Crippen LogP) is 0.965. The van der Waals surface area contributed by atoms with Crippen molar-refractivity contribution in [3.63, 3.8) is 0 Å². The smallest absolute Gasteiger partial charge is 0.136 e. The van der Waals surface area contributed by atoms with Gasteiger partial charge in [-0.2, -0.15) is 0 Å². The molecule has 0 aromatic carbocycles. The lowest BCUT2D eigenvalue weighted by atomic mass is 9.56. The quantitative estimate of drug-likeness (QED) is 0.561. The summed E-state index contributed by atoms with van der Waals surface area (Å²) in [5.41, 5.74) is 0.419. The van der Waals surface area contributed by atoms with Crippen molar-refractivity contribution < 1.29 is 4.79 Å². The van der Waals surface area contributed by atoms with Gasteiger partial charge in [-0.1, -0.05) is 6.92 Å². The lowest BCUT2D eigenvalue weighted by molar-refractivity contribution is -0.144. The minimum absolute atomic E-state index is 0.351. The molecule has 1 aliphatic carbocycles. The minimum Gasteiger partial charge on any atom is -0.317 e. The van der Waals surface area contributed by atoms with Crippen molar-refractivity contribution in [3.05, 3.63) is 0 Å². The van der Waals surface area contributed by atoms with E-state index in [4.69, 9.17) is 0 Å². The Kier molecular flexibility index (Phi) is 1.53. The van der Waals surface area contributed by atoms with Gasteiger partial charge in [0.1, 0.15) is 5.78 Å². The van der Waals surface area contributed by atoms with Crippen LogP contribution in [0.3, 0.4) is 0 Å². The molecule has 0 bridgehead atoms. The molecule has 1 N–H and O–H groups in total. The third-order valence-electron chi connectivity index (χ3n) is 3.53. The van der Waals surface area contributed by atoms with Gasteiger partial charge in [-0.15, -0.1) is 0 Å². The average Bonchev–Trinajstić information content (AvgIpc) is 2.06. The van der Waals surface area contributed by atoms with Crippen molar-refractivity contribution >= 4 is 5.78 Å². The molecular formula is C9H15NO. The molecule has 2 nitrogen and oxygen atoms in total. The molecule has 0 aromatic heterocycles. The molecule has 2 fully saturated rings. The van der Waals surface area contributed by atoms with Crippen molar-refractivity contribution in [1.29, 1.82) is 0 Å². The van der Waals surface area contributed by atoms with Crippen LogP contribution in [0.4, 0.5) is 0 Å². The first kappa shape index (κ1) is 7.29. The van der Waals surface area contributed by atoms with Crippen LogP contribution in [0.1, 0.15) is 26.2 Å². The van der Waals surface area contributed by atoms with Gasteiger partial charge < -0.3 is 5.32 Å². The zero-order valence-electron chi connectivity index (χ0n) is 7.02. The molecule has 1 heterocycles. The van der Waals surface area contributed by atoms with Crippen LogP contribution in [0.25, 0.3) is 0 Å². The molecule has 1 spiro atoms. The Morgan fingerprint density at radius 2 is 2.09 bits per heavy atom. The summed E-state index contributed by atoms with van der Waals surface area (Å²) in [4.78, 5) is 11.1. The zero-order valence-corrected chi connectivity index (χ0v) is 7.02. The van der Waals surface area contributed by atoms with E-state index in [-0.39, 0.29) is 0 Å². The summed E-state index contributed by atoms with van der Waals surface area (Å²) >= 11 is 0. The van der Waals surface area contributed by atoms with E-state index in [1.807, 2.05) is 0 Å². The highest BCUT2D eigenvalue weighted by Gasteiger charge is 2.50. The van der Waals surface area contributed by atoms with Crippen molar-refractivity contribution in [3.8, 4) is 0 Å². The second kappa shape index (κ2) is 2.31. The maximum absolute atomic E-state index is 11.1. The Bertz CT molecular complexity index is 182. The highest BCUT2D eigenvalue weighted by molar-refractivity contribution is 5.88. The monoisotopic (exact) mass is 153 g/mol. The normalized spacial score (nSPS) is 35.4. The van der Waals surface area contributed by atoms with Crippen molar-refractivity contribution in [2.45, 2.75) is 26.2 Å². The first-order chi connectivity index (χ1) is 5.25. The second-order valence-electron chi connectivity index (χ2n) is 3.98. The lowest BCUT2D eigenvalue weighted by Gasteiger charge is -2.49. The van der Waals surface area contributed by atoms with Crippen LogP contribution in [0.2, 0.25) is 0 Å². The van der Waals surface area contributed by atoms with Gasteiger partial charge in [0.25, 0.3) is 0 Å². The number of carbonyl (C=O) groups is 1. The molecule has 0 radical (unpaired) electrons. The van der Waals surface area contributed by atoms with Gasteiger partial charge in [-0.05, 0) is 31.3 Å². The Morgan fingerprint density at radius 3 is 2.55 bits per heavy atom. The van der Waals surface area contributed by atoms with Gasteiger partial charge in [0, 0.05) is 12.3 Å². The molecular weight excluding hydrogens is 138 g/mol. The van der Waals surface area contributed by atoms with Crippen LogP contribution in [0.15, 0.2) is 0 Å². The zero-order chi connectivity index (χ0) is 7.90. The van der Waals surface area contributed by atoms with Gasteiger partial charge in [-0.3, -0.25) is 4.79 Å². The Morgan fingerprint density at radius 1 is 1.45 bits per heavy atom. The van der Waals surface area contributed by atoms with Crippen LogP contribution in [0, 0.1) is 11.3 Å². The molecule has 1 saturated carbocycles. The standard InChI is InChI=1S/C9H15NO/c1-7-8(11)6-9(7)2-4-10-5-3-9/h7,10H,2-6H2,1H3. The number of ketones is 1. The first-order valence-electron chi connectivity index (χ1n) is 4.48. The Hall–Kier alpha value is -0.370. The van der Waals surface area contributed by atoms with E-state index in [1.54, 1.807) is 0 Å². The largest absolute Gasteiger partial charge is 0.317 e. The summed E-state index contributed by atoms with van der Waals surface area (Å²) in [6, 6.07) is 0. The summed E-state index contributed by atoms with van der Waals surface area (Å²) in [5, 5.41) is 3.33. The molecule has 2 rings (SSSR count). The third kappa shape index (κ3) is 0.924. The first-order valence-corrected chi connectivity index (χ1v) is 4.48. The molecule has 2 aliphatic rings. The molecule has 1 saturated heterocycles. The third-order valence-corrected chi connectivity index (χ3v) is 3.53. The number of hydrogen-bond donors (Lipinski definition) is 1. The van der Waals surface area contributed by atoms with Crippen LogP contribution >= 0.6 is 0 Å². The molecule has 0 aromatic rings. The van der Waals surface area contributed by atoms with E-state index >= 15 is 0 Å². The van der Waals surface area contributed by atoms with Gasteiger partial charge in [0.15, 0.2) is 0 Å². The van der Waals surface area contributed by atoms with Crippen LogP contribution in [-0.4, -0.2) is 18.9 Å². The van der Waals surface area contributed by atoms with Gasteiger partial charge in [0.05, 0.1) is 0 Å². The van der Waals surface area contributed by atoms with Crippen LogP contribution in [-0.2, 0) is 4.79 Å². The van der Waals surface area contributed by atoms with Gasteiger partial charge >= 0.3 is 0 Å². The highest BCUT2D eigenvalue weighted by Crippen LogP contribution is 2.49. The number of nitrogens with one attached hydrogen (secondary N) is 1. The Labute approximate surface area is 67.4 Å². The van der Waals surface area contributed by atoms with E-state index in [1.165, 1.54) is 12.8 Å². The fraction of sp³-hybridized carbons (Fsp3) is 0.889. The van der Waals surface area contributed by atoms with E-state index in [0.717, 1.165) is 19.5 Å².